The van der Waals surface area contributed by atoms with Crippen LogP contribution in [0.25, 0.3) is 0 Å². The van der Waals surface area contributed by atoms with Gasteiger partial charge in [-0.25, -0.2) is 5.32 Å². The summed E-state index contributed by atoms with van der Waals surface area (Å²) < 4.78 is 0. The van der Waals surface area contributed by atoms with Crippen LogP contribution in [0.4, 0.5) is 23.5 Å². The lowest BCUT2D eigenvalue weighted by molar-refractivity contribution is 0.277. The van der Waals surface area contributed by atoms with Crippen LogP contribution in [0.5, 0.6) is 0 Å². The minimum Gasteiger partial charge on any atom is -0.352 e. The van der Waals surface area contributed by atoms with Crippen LogP contribution in [-0.2, 0) is 0 Å². The lowest BCUT2D eigenvalue weighted by atomic mass is 10.1. The van der Waals surface area contributed by atoms with Gasteiger partial charge in [-0.3, -0.25) is 4.90 Å². The highest BCUT2D eigenvalue weighted by Gasteiger charge is 2.23. The van der Waals surface area contributed by atoms with Gasteiger partial charge in [-0.05, 0) is 50.9 Å². The summed E-state index contributed by atoms with van der Waals surface area (Å²) in [7, 11) is 0. The lowest BCUT2D eigenvalue weighted by Crippen LogP contribution is -2.35. The highest BCUT2D eigenvalue weighted by atomic mass is 15.3. The summed E-state index contributed by atoms with van der Waals surface area (Å²) in [5.41, 5.74) is 0.850. The van der Waals surface area contributed by atoms with Crippen molar-refractivity contribution in [1.29, 1.82) is 0 Å². The average molecular weight is 409 g/mol. The summed E-state index contributed by atoms with van der Waals surface area (Å²) in [6, 6.07) is 10.8. The van der Waals surface area contributed by atoms with Crippen molar-refractivity contribution in [1.82, 2.24) is 25.2 Å². The Morgan fingerprint density at radius 3 is 2.47 bits per heavy atom. The number of rotatable bonds is 8. The fourth-order valence-corrected chi connectivity index (χ4v) is 4.53. The molecule has 1 aliphatic carbocycles. The third kappa shape index (κ3) is 5.81. The van der Waals surface area contributed by atoms with Gasteiger partial charge >= 0.3 is 0 Å². The smallest absolute Gasteiger partial charge is 0.256 e. The van der Waals surface area contributed by atoms with Crippen LogP contribution in [-0.4, -0.2) is 51.6 Å². The largest absolute Gasteiger partial charge is 0.352 e. The quantitative estimate of drug-likeness (QED) is 0.627. The molecule has 2 aliphatic rings. The number of benzene rings is 1. The molecular weight excluding hydrogens is 374 g/mol. The van der Waals surface area contributed by atoms with Crippen molar-refractivity contribution in [2.45, 2.75) is 70.4 Å². The van der Waals surface area contributed by atoms with Gasteiger partial charge in [-0.2, -0.15) is 15.0 Å². The molecule has 7 nitrogen and oxygen atoms in total. The molecule has 2 fully saturated rings. The van der Waals surface area contributed by atoms with E-state index in [2.05, 4.69) is 42.7 Å². The van der Waals surface area contributed by atoms with Crippen molar-refractivity contribution in [2.75, 3.05) is 30.3 Å². The van der Waals surface area contributed by atoms with Crippen LogP contribution < -0.4 is 16.0 Å². The fraction of sp³-hybridized carbons (Fsp3) is 0.609. The van der Waals surface area contributed by atoms with Gasteiger partial charge < -0.3 is 10.6 Å². The first-order valence-electron chi connectivity index (χ1n) is 11.6. The van der Waals surface area contributed by atoms with E-state index in [-0.39, 0.29) is 0 Å². The number of hydrogen-bond donors (Lipinski definition) is 2. The Morgan fingerprint density at radius 1 is 0.933 bits per heavy atom. The highest BCUT2D eigenvalue weighted by Crippen LogP contribution is 2.22. The molecule has 2 aromatic rings. The number of anilines is 2. The van der Waals surface area contributed by atoms with E-state index in [1.54, 1.807) is 0 Å². The van der Waals surface area contributed by atoms with Gasteiger partial charge in [0.15, 0.2) is 0 Å². The van der Waals surface area contributed by atoms with E-state index in [1.807, 2.05) is 30.3 Å². The minimum absolute atomic E-state index is 0.428. The topological polar surface area (TPSA) is 80.1 Å². The minimum atomic E-state index is 0.428. The van der Waals surface area contributed by atoms with Crippen molar-refractivity contribution in [2.24, 2.45) is 0 Å². The zero-order valence-corrected chi connectivity index (χ0v) is 18.1. The zero-order chi connectivity index (χ0) is 20.6. The fourth-order valence-electron chi connectivity index (χ4n) is 4.53. The van der Waals surface area contributed by atoms with E-state index in [1.165, 1.54) is 57.9 Å². The molecule has 1 radical (unpaired) electrons. The van der Waals surface area contributed by atoms with Crippen molar-refractivity contribution >= 4 is 23.5 Å². The molecule has 1 atom stereocenters. The van der Waals surface area contributed by atoms with Crippen molar-refractivity contribution in [3.63, 3.8) is 0 Å². The third-order valence-electron chi connectivity index (χ3n) is 6.20. The molecule has 1 aromatic carbocycles. The summed E-state index contributed by atoms with van der Waals surface area (Å²) in [6.07, 6.45) is 10.0. The number of aromatic nitrogens is 3. The molecule has 1 aromatic heterocycles. The summed E-state index contributed by atoms with van der Waals surface area (Å²) >= 11 is 0. The molecule has 4 rings (SSSR count). The molecule has 30 heavy (non-hydrogen) atoms. The Balaban J connectivity index is 1.49. The number of hydrogen-bond acceptors (Lipinski definition) is 6. The molecule has 0 spiro atoms. The summed E-state index contributed by atoms with van der Waals surface area (Å²) in [6.45, 7) is 5.36. The molecule has 2 N–H and O–H groups in total. The monoisotopic (exact) mass is 408 g/mol. The summed E-state index contributed by atoms with van der Waals surface area (Å²) in [4.78, 5) is 16.4. The van der Waals surface area contributed by atoms with Gasteiger partial charge in [-0.1, -0.05) is 50.8 Å². The molecule has 0 unspecified atom stereocenters. The predicted octanol–water partition coefficient (Wildman–Crippen LogP) is 4.47. The maximum atomic E-state index is 4.69. The normalized spacial score (nSPS) is 20.6. The van der Waals surface area contributed by atoms with Crippen molar-refractivity contribution < 1.29 is 0 Å². The second kappa shape index (κ2) is 10.6. The van der Waals surface area contributed by atoms with Crippen LogP contribution in [0.2, 0.25) is 0 Å². The van der Waals surface area contributed by atoms with Crippen molar-refractivity contribution in [3.8, 4) is 0 Å². The van der Waals surface area contributed by atoms with Crippen LogP contribution in [0.1, 0.15) is 58.3 Å². The van der Waals surface area contributed by atoms with E-state index in [0.29, 0.717) is 29.9 Å². The number of likely N-dealkylation sites (tertiary alicyclic amines) is 1. The highest BCUT2D eigenvalue weighted by molar-refractivity contribution is 5.46. The Morgan fingerprint density at radius 2 is 1.70 bits per heavy atom. The Labute approximate surface area is 180 Å². The lowest BCUT2D eigenvalue weighted by Gasteiger charge is -2.23. The molecule has 1 aliphatic heterocycles. The Hall–Kier alpha value is -2.41. The second-order valence-electron chi connectivity index (χ2n) is 8.37. The Kier molecular flexibility index (Phi) is 7.34. The molecule has 1 saturated heterocycles. The van der Waals surface area contributed by atoms with E-state index < -0.39 is 0 Å². The molecule has 161 valence electrons. The average Bonchev–Trinajstić information content (AvgIpc) is 3.08. The molecule has 1 saturated carbocycles. The van der Waals surface area contributed by atoms with E-state index in [4.69, 9.17) is 0 Å². The van der Waals surface area contributed by atoms with Gasteiger partial charge in [0.25, 0.3) is 5.95 Å². The first-order valence-corrected chi connectivity index (χ1v) is 11.6. The van der Waals surface area contributed by atoms with Gasteiger partial charge in [0.05, 0.1) is 5.69 Å². The maximum absolute atomic E-state index is 4.69. The first kappa shape index (κ1) is 20.8. The number of likely N-dealkylation sites (N-methyl/N-ethyl adjacent to an activating group) is 1. The first-order chi connectivity index (χ1) is 14.8. The van der Waals surface area contributed by atoms with Crippen molar-refractivity contribution in [3.05, 3.63) is 30.3 Å². The third-order valence-corrected chi connectivity index (χ3v) is 6.20. The summed E-state index contributed by atoms with van der Waals surface area (Å²) in [5, 5.41) is 11.7. The van der Waals surface area contributed by atoms with E-state index >= 15 is 0 Å². The molecule has 2 heterocycles. The zero-order valence-electron chi connectivity index (χ0n) is 18.1. The predicted molar refractivity (Wildman–Crippen MR) is 122 cm³/mol. The van der Waals surface area contributed by atoms with E-state index in [0.717, 1.165) is 18.8 Å². The van der Waals surface area contributed by atoms with Crippen LogP contribution in [0, 0.1) is 0 Å². The molecular formula is C23H34N7. The van der Waals surface area contributed by atoms with Gasteiger partial charge in [0, 0.05) is 18.6 Å². The number of nitrogens with zero attached hydrogens (tertiary/aromatic N) is 5. The number of nitrogens with one attached hydrogen (secondary N) is 2. The molecule has 7 heteroatoms. The van der Waals surface area contributed by atoms with Crippen LogP contribution >= 0.6 is 0 Å². The van der Waals surface area contributed by atoms with Gasteiger partial charge in [-0.15, -0.1) is 0 Å². The van der Waals surface area contributed by atoms with Crippen LogP contribution in [0.15, 0.2) is 30.3 Å². The second-order valence-corrected chi connectivity index (χ2v) is 8.37. The number of para-hydroxylation sites is 1. The SMILES string of the molecule is CCN1CCC[C@H]1CNc1nc([N]c2ccccc2)nc(NC2CCCCCC2)n1. The molecule has 0 amide bonds. The van der Waals surface area contributed by atoms with Crippen LogP contribution in [0.3, 0.4) is 0 Å². The maximum Gasteiger partial charge on any atom is 0.256 e. The standard InChI is InChI=1S/C23H34N7/c1-2-30-16-10-15-20(30)17-24-21-27-22(25-18-11-6-3-4-7-12-18)29-23(28-21)26-19-13-8-5-9-14-19/h5,8-9,13-14,18,20H,2-4,6-7,10-12,15-17H2,1H3,(H2,24,25,27,28,29)/t20-/m0/s1. The van der Waals surface area contributed by atoms with Gasteiger partial charge in [0.2, 0.25) is 11.9 Å². The summed E-state index contributed by atoms with van der Waals surface area (Å²) in [5.74, 6) is 1.69. The molecule has 0 bridgehead atoms. The van der Waals surface area contributed by atoms with E-state index in [9.17, 15) is 0 Å². The van der Waals surface area contributed by atoms with Gasteiger partial charge in [0.1, 0.15) is 0 Å². The Bertz CT molecular complexity index is 774.